The van der Waals surface area contributed by atoms with E-state index in [4.69, 9.17) is 77.6 Å². The molecular weight excluding hydrogens is 1930 g/mol. The molecule has 0 bridgehead atoms. The third-order valence-corrected chi connectivity index (χ3v) is 21.8. The van der Waals surface area contributed by atoms with Crippen molar-refractivity contribution in [3.8, 4) is 69.0 Å². The molecule has 31 heteroatoms. The molecule has 4 aliphatic rings. The first-order valence-electron chi connectivity index (χ1n) is 44.2. The molecule has 748 valence electrons. The smallest absolute Gasteiger partial charge is 0.407 e. The van der Waals surface area contributed by atoms with E-state index in [-0.39, 0.29) is 81.0 Å². The molecule has 0 heterocycles. The van der Waals surface area contributed by atoms with Crippen LogP contribution in [0.4, 0.5) is 4.79 Å². The van der Waals surface area contributed by atoms with Crippen LogP contribution in [0.15, 0.2) is 342 Å². The minimum atomic E-state index is -3.27. The van der Waals surface area contributed by atoms with Crippen LogP contribution in [0.1, 0.15) is 143 Å². The van der Waals surface area contributed by atoms with Crippen LogP contribution in [0.3, 0.4) is 0 Å². The zero-order chi connectivity index (χ0) is 101. The second kappa shape index (κ2) is 63.1. The maximum atomic E-state index is 11.8. The Bertz CT molecular complexity index is 5780. The van der Waals surface area contributed by atoms with Crippen molar-refractivity contribution in [1.82, 2.24) is 5.32 Å². The van der Waals surface area contributed by atoms with Gasteiger partial charge >= 0.3 is 72.1 Å². The first-order valence-corrected chi connectivity index (χ1v) is 46.6. The van der Waals surface area contributed by atoms with E-state index in [1.807, 2.05) is 300 Å². The Morgan fingerprint density at radius 3 is 0.965 bits per heavy atom. The second-order valence-corrected chi connectivity index (χ2v) is 34.0. The summed E-state index contributed by atoms with van der Waals surface area (Å²) in [5.41, 5.74) is 11.7. The summed E-state index contributed by atoms with van der Waals surface area (Å²) in [6.45, 7) is 14.6. The fourth-order valence-corrected chi connectivity index (χ4v) is 14.2. The summed E-state index contributed by atoms with van der Waals surface area (Å²) >= 11 is 2.43. The van der Waals surface area contributed by atoms with Crippen LogP contribution in [-0.4, -0.2) is 129 Å². The predicted molar refractivity (Wildman–Crippen MR) is 542 cm³/mol. The molecule has 4 saturated carbocycles. The summed E-state index contributed by atoms with van der Waals surface area (Å²) in [6.07, 6.45) is 6.89. The van der Waals surface area contributed by atoms with Crippen LogP contribution in [0.25, 0.3) is 6.08 Å². The molecule has 4 fully saturated rings. The number of amides is 1. The number of aldehydes is 1. The quantitative estimate of drug-likeness (QED) is 0.00425. The Morgan fingerprint density at radius 1 is 0.433 bits per heavy atom. The van der Waals surface area contributed by atoms with E-state index in [0.717, 1.165) is 126 Å². The van der Waals surface area contributed by atoms with Gasteiger partial charge in [0, 0.05) is 49.4 Å². The number of halogens is 1. The molecule has 141 heavy (non-hydrogen) atoms. The van der Waals surface area contributed by atoms with Gasteiger partial charge in [0.25, 0.3) is 11.9 Å². The van der Waals surface area contributed by atoms with Gasteiger partial charge in [0.2, 0.25) is 0 Å². The number of ether oxygens (including phenoxy) is 10. The predicted octanol–water partition coefficient (Wildman–Crippen LogP) is 25.5. The second-order valence-electron chi connectivity index (χ2n) is 31.7. The molecule has 12 aromatic carbocycles. The Morgan fingerprint density at radius 2 is 0.709 bits per heavy atom. The number of aliphatic carboxylic acids is 3. The van der Waals surface area contributed by atoms with Crippen LogP contribution < -0.4 is 39.5 Å². The summed E-state index contributed by atoms with van der Waals surface area (Å²) in [6, 6.07) is 105. The van der Waals surface area contributed by atoms with E-state index in [0.29, 0.717) is 29.4 Å². The normalized spacial score (nSPS) is 15.6. The number of methoxy groups -OCH3 is 3. The largest absolute Gasteiger partial charge is 0.481 e. The number of carboxylic acid groups (broad SMARTS) is 3. The molecule has 28 nitrogen and oxygen atoms in total. The SMILES string of the molecule is C.C=N[N]=[Pd].CC(=O)O.CC(=O)O.CC(C)(C)OC(=O)NC1CC1c1ccc(Oc2ccccc2)cc1.CCOP(=O)(CC(=O)OC)OCC.COC(=O)/C=C/c1ccc(Oc2ccccc2)cc1.COC(=O)C1CC1c1ccc(Oc2ccccc2)cc1.Cl.NC1CC1c1ccc(Oc2ccccc2)cc1.O=C(O)C1CC1c1ccc(Oc2ccccc2)cc1.O=Cc1ccc(Oc2ccccc2)cc1. The zero-order valence-corrected chi connectivity index (χ0v) is 82.5. The summed E-state index contributed by atoms with van der Waals surface area (Å²) in [5, 5.41) is 29.7. The van der Waals surface area contributed by atoms with Gasteiger partial charge in [-0.2, -0.15) is 0 Å². The number of esters is 3. The van der Waals surface area contributed by atoms with Crippen molar-refractivity contribution in [2.45, 2.75) is 123 Å². The van der Waals surface area contributed by atoms with Crippen molar-refractivity contribution in [3.63, 3.8) is 0 Å². The Balaban J connectivity index is 0.000000285. The van der Waals surface area contributed by atoms with Crippen molar-refractivity contribution in [2.24, 2.45) is 26.4 Å². The number of nitrogens with one attached hydrogen (secondary N) is 1. The van der Waals surface area contributed by atoms with Crippen LogP contribution in [0.2, 0.25) is 0 Å². The molecule has 6 N–H and O–H groups in total. The molecule has 8 atom stereocenters. The van der Waals surface area contributed by atoms with E-state index in [1.165, 1.54) is 44.1 Å². The molecule has 12 aromatic rings. The van der Waals surface area contributed by atoms with Gasteiger partial charge in [0.1, 0.15) is 87.0 Å². The van der Waals surface area contributed by atoms with Crippen LogP contribution in [-0.2, 0) is 80.3 Å². The minimum Gasteiger partial charge on any atom is -0.481 e. The van der Waals surface area contributed by atoms with Gasteiger partial charge in [-0.15, -0.1) is 12.4 Å². The Labute approximate surface area is 840 Å². The number of nitrogens with two attached hydrogens (primary N) is 1. The molecule has 16 rings (SSSR count). The van der Waals surface area contributed by atoms with Crippen molar-refractivity contribution < 1.29 is 134 Å². The van der Waals surface area contributed by atoms with Crippen molar-refractivity contribution in [1.29, 1.82) is 0 Å². The molecule has 4 aliphatic carbocycles. The number of alkyl carbamates (subject to hydrolysis) is 1. The molecular formula is C110H122ClN4O24PPd. The van der Waals surface area contributed by atoms with Gasteiger partial charge in [-0.25, -0.2) is 9.59 Å². The number of carbonyl (C=O) groups excluding carboxylic acids is 5. The summed E-state index contributed by atoms with van der Waals surface area (Å²) in [7, 11) is 0.750. The minimum absolute atomic E-state index is 0. The molecule has 1 amide bonds. The maximum absolute atomic E-state index is 11.8. The monoisotopic (exact) mass is 2050 g/mol. The van der Waals surface area contributed by atoms with Gasteiger partial charge in [-0.1, -0.05) is 177 Å². The van der Waals surface area contributed by atoms with E-state index >= 15 is 0 Å². The fraction of sp³-hybridized carbons (Fsp3) is 0.245. The number of rotatable bonds is 29. The van der Waals surface area contributed by atoms with Gasteiger partial charge in [0.05, 0.1) is 46.4 Å². The van der Waals surface area contributed by atoms with Crippen LogP contribution in [0.5, 0.6) is 69.0 Å². The number of benzene rings is 12. The average molecular weight is 2060 g/mol. The standard InChI is InChI=1S/C20H23NO3.C17H16O3.2C16H14O3.C15H15NO.C13H10O2.C7H15O5P.2C2H4O2.CH2N2.CH4.ClH.Pd/c1-20(2,3)24-19(22)21-18-13-17(18)14-9-11-16(12-10-14)23-15-7-5-4-6-8-15;1-19-17(18)16-11-15(16)12-7-9-14(10-8-12)20-13-5-3-2-4-6-13;17-16(18)15-10-14(15)11-6-8-13(9-7-11)19-12-4-2-1-3-5-12;1-18-16(17)12-9-13-7-10-15(11-8-13)19-14-5-3-2-4-6-14;16-15-10-14(15)11-6-8-13(9-7-11)17-12-4-2-1-3-5-12;14-10-11-6-8-13(9-7-11)15-12-4-2-1-3-5-12;1-4-11-13(9,12-5-2)6-7(8)10-3;2*1-2(3)4;1-3-2;;;/h4-12,17-18H,13H2,1-3H3,(H,21,22);2-10,15-16H,11H2,1H3;1-9,14-15H,10H2,(H,17,18);2-12H,1H3;1-9,14-15H,10,16H2;1-10H;4-6H2,1-3H3;2*1H3,(H,3,4);1H2;1H4;1H;/b;;;12-9+;;;;;;;;;. The summed E-state index contributed by atoms with van der Waals surface area (Å²) < 4.78 is 77.6. The molecule has 0 aromatic heterocycles. The first-order chi connectivity index (χ1) is 66.9. The number of nitrogens with zero attached hydrogens (tertiary/aromatic N) is 2. The third kappa shape index (κ3) is 47.1. The Kier molecular flexibility index (Phi) is 52.4. The van der Waals surface area contributed by atoms with Crippen molar-refractivity contribution in [3.05, 3.63) is 367 Å². The van der Waals surface area contributed by atoms with Gasteiger partial charge in [-0.3, -0.25) is 33.3 Å². The van der Waals surface area contributed by atoms with Gasteiger partial charge in [0.15, 0.2) is 0 Å². The number of carboxylic acids is 3. The summed E-state index contributed by atoms with van der Waals surface area (Å²) in [4.78, 5) is 84.3. The van der Waals surface area contributed by atoms with Crippen LogP contribution in [0, 0.1) is 11.8 Å². The van der Waals surface area contributed by atoms with Crippen molar-refractivity contribution >= 4 is 81.0 Å². The van der Waals surface area contributed by atoms with E-state index in [1.54, 1.807) is 44.2 Å². The number of hydrogen-bond donors (Lipinski definition) is 5. The fourth-order valence-electron chi connectivity index (χ4n) is 12.7. The van der Waals surface area contributed by atoms with Crippen LogP contribution >= 0.6 is 20.0 Å². The topological polar surface area (TPSA) is 388 Å². The average Bonchev–Trinajstić information content (AvgIpc) is 1.62. The van der Waals surface area contributed by atoms with E-state index in [2.05, 4.69) is 73.6 Å². The molecule has 0 saturated heterocycles. The van der Waals surface area contributed by atoms with E-state index in [9.17, 15) is 33.3 Å². The van der Waals surface area contributed by atoms with Gasteiger partial charge in [-0.05, 0) is 264 Å². The van der Waals surface area contributed by atoms with E-state index < -0.39 is 37.1 Å². The summed E-state index contributed by atoms with van der Waals surface area (Å²) in [5.74, 6) is 7.36. The third-order valence-electron chi connectivity index (χ3n) is 19.6. The maximum Gasteiger partial charge on any atom is 0.407 e. The molecule has 0 aliphatic heterocycles. The number of carbonyl (C=O) groups is 8. The first kappa shape index (κ1) is 117. The number of para-hydroxylation sites is 6. The molecule has 8 unspecified atom stereocenters. The Hall–Kier alpha value is -14.5. The van der Waals surface area contributed by atoms with Gasteiger partial charge < -0.3 is 82.8 Å². The zero-order valence-electron chi connectivity index (χ0n) is 79.2. The van der Waals surface area contributed by atoms with Crippen molar-refractivity contribution in [2.75, 3.05) is 40.7 Å². The number of hydrogen-bond acceptors (Lipinski definition) is 24. The molecule has 0 spiro atoms. The molecule has 0 radical (unpaired) electrons.